The van der Waals surface area contributed by atoms with E-state index in [0.29, 0.717) is 11.8 Å². The quantitative estimate of drug-likeness (QED) is 0.806. The molecule has 0 fully saturated rings. The lowest BCUT2D eigenvalue weighted by molar-refractivity contribution is 0.210. The zero-order valence-electron chi connectivity index (χ0n) is 12.1. The summed E-state index contributed by atoms with van der Waals surface area (Å²) in [7, 11) is 4.22. The highest BCUT2D eigenvalue weighted by atomic mass is 16.3. The highest BCUT2D eigenvalue weighted by Crippen LogP contribution is 2.22. The topological polar surface area (TPSA) is 26.7 Å². The molecular formula is C15H26N2O. The van der Waals surface area contributed by atoms with Crippen molar-refractivity contribution in [2.24, 2.45) is 0 Å². The van der Waals surface area contributed by atoms with E-state index >= 15 is 0 Å². The summed E-state index contributed by atoms with van der Waals surface area (Å²) in [6, 6.07) is 7.94. The van der Waals surface area contributed by atoms with Gasteiger partial charge in [0.15, 0.2) is 0 Å². The maximum Gasteiger partial charge on any atom is 0.115 e. The summed E-state index contributed by atoms with van der Waals surface area (Å²) in [6.07, 6.45) is 1.18. The smallest absolute Gasteiger partial charge is 0.115 e. The summed E-state index contributed by atoms with van der Waals surface area (Å²) in [5.41, 5.74) is 1.26. The van der Waals surface area contributed by atoms with Crippen LogP contribution in [0.15, 0.2) is 24.3 Å². The van der Waals surface area contributed by atoms with Crippen molar-refractivity contribution in [1.82, 2.24) is 9.80 Å². The number of hydrogen-bond donors (Lipinski definition) is 1. The summed E-state index contributed by atoms with van der Waals surface area (Å²) in [5.74, 6) is 0.335. The van der Waals surface area contributed by atoms with Crippen molar-refractivity contribution >= 4 is 0 Å². The van der Waals surface area contributed by atoms with Crippen LogP contribution < -0.4 is 0 Å². The molecule has 102 valence electrons. The van der Waals surface area contributed by atoms with E-state index in [1.54, 1.807) is 12.1 Å². The maximum atomic E-state index is 9.32. The van der Waals surface area contributed by atoms with Crippen LogP contribution in [0, 0.1) is 0 Å². The summed E-state index contributed by atoms with van der Waals surface area (Å²) in [5, 5.41) is 9.32. The molecular weight excluding hydrogens is 224 g/mol. The van der Waals surface area contributed by atoms with Gasteiger partial charge in [-0.15, -0.1) is 0 Å². The van der Waals surface area contributed by atoms with E-state index in [9.17, 15) is 5.11 Å². The van der Waals surface area contributed by atoms with Gasteiger partial charge in [0.25, 0.3) is 0 Å². The second kappa shape index (κ2) is 7.39. The number of phenolic OH excluding ortho intramolecular Hbond substituents is 1. The van der Waals surface area contributed by atoms with Gasteiger partial charge in [0.1, 0.15) is 5.75 Å². The van der Waals surface area contributed by atoms with Gasteiger partial charge in [-0.05, 0) is 64.8 Å². The molecule has 0 radical (unpaired) electrons. The number of hydrogen-bond acceptors (Lipinski definition) is 3. The SMILES string of the molecule is CCN(CCCN(C)C)C(C)c1ccc(O)cc1. The molecule has 0 heterocycles. The molecule has 3 nitrogen and oxygen atoms in total. The fraction of sp³-hybridized carbons (Fsp3) is 0.600. The van der Waals surface area contributed by atoms with Crippen LogP contribution in [0.25, 0.3) is 0 Å². The lowest BCUT2D eigenvalue weighted by Gasteiger charge is -2.28. The minimum atomic E-state index is 0.335. The third-order valence-electron chi connectivity index (χ3n) is 3.38. The molecule has 0 aliphatic carbocycles. The first-order valence-electron chi connectivity index (χ1n) is 6.72. The summed E-state index contributed by atoms with van der Waals surface area (Å²) >= 11 is 0. The zero-order chi connectivity index (χ0) is 13.5. The lowest BCUT2D eigenvalue weighted by Crippen LogP contribution is -2.29. The van der Waals surface area contributed by atoms with E-state index in [0.717, 1.165) is 19.6 Å². The van der Waals surface area contributed by atoms with Crippen molar-refractivity contribution in [3.63, 3.8) is 0 Å². The Bertz CT molecular complexity index is 335. The third-order valence-corrected chi connectivity index (χ3v) is 3.38. The second-order valence-corrected chi connectivity index (χ2v) is 5.05. The Kier molecular flexibility index (Phi) is 6.16. The average Bonchev–Trinajstić information content (AvgIpc) is 2.34. The van der Waals surface area contributed by atoms with Crippen LogP contribution >= 0.6 is 0 Å². The molecule has 18 heavy (non-hydrogen) atoms. The number of nitrogens with zero attached hydrogens (tertiary/aromatic N) is 2. The van der Waals surface area contributed by atoms with E-state index in [-0.39, 0.29) is 0 Å². The van der Waals surface area contributed by atoms with Gasteiger partial charge in [-0.3, -0.25) is 4.90 Å². The van der Waals surface area contributed by atoms with Crippen molar-refractivity contribution in [3.8, 4) is 5.75 Å². The number of rotatable bonds is 7. The number of phenols is 1. The van der Waals surface area contributed by atoms with Crippen molar-refractivity contribution in [2.45, 2.75) is 26.3 Å². The van der Waals surface area contributed by atoms with Crippen molar-refractivity contribution in [2.75, 3.05) is 33.7 Å². The summed E-state index contributed by atoms with van der Waals surface area (Å²) in [6.45, 7) is 7.71. The Labute approximate surface area is 111 Å². The van der Waals surface area contributed by atoms with Gasteiger partial charge in [0.2, 0.25) is 0 Å². The molecule has 0 saturated heterocycles. The molecule has 0 saturated carbocycles. The van der Waals surface area contributed by atoms with Crippen molar-refractivity contribution < 1.29 is 5.11 Å². The predicted octanol–water partition coefficient (Wildman–Crippen LogP) is 2.73. The van der Waals surface area contributed by atoms with E-state index in [1.165, 1.54) is 12.0 Å². The van der Waals surface area contributed by atoms with Crippen molar-refractivity contribution in [1.29, 1.82) is 0 Å². The molecule has 0 bridgehead atoms. The molecule has 1 N–H and O–H groups in total. The number of aromatic hydroxyl groups is 1. The van der Waals surface area contributed by atoms with Gasteiger partial charge in [0, 0.05) is 6.04 Å². The van der Waals surface area contributed by atoms with Crippen molar-refractivity contribution in [3.05, 3.63) is 29.8 Å². The van der Waals surface area contributed by atoms with Crippen LogP contribution in [-0.2, 0) is 0 Å². The first-order chi connectivity index (χ1) is 8.54. The Morgan fingerprint density at radius 2 is 1.72 bits per heavy atom. The monoisotopic (exact) mass is 250 g/mol. The van der Waals surface area contributed by atoms with Gasteiger partial charge in [-0.2, -0.15) is 0 Å². The largest absolute Gasteiger partial charge is 0.508 e. The molecule has 1 rings (SSSR count). The number of benzene rings is 1. The highest BCUT2D eigenvalue weighted by Gasteiger charge is 2.13. The normalized spacial score (nSPS) is 13.2. The third kappa shape index (κ3) is 4.67. The zero-order valence-corrected chi connectivity index (χ0v) is 12.1. The molecule has 1 aromatic rings. The summed E-state index contributed by atoms with van der Waals surface area (Å²) < 4.78 is 0. The molecule has 0 aliphatic heterocycles. The average molecular weight is 250 g/mol. The van der Waals surface area contributed by atoms with Crippen LogP contribution in [0.3, 0.4) is 0 Å². The van der Waals surface area contributed by atoms with Gasteiger partial charge in [-0.1, -0.05) is 19.1 Å². The first-order valence-corrected chi connectivity index (χ1v) is 6.72. The Hall–Kier alpha value is -1.06. The highest BCUT2D eigenvalue weighted by molar-refractivity contribution is 5.27. The Morgan fingerprint density at radius 1 is 1.11 bits per heavy atom. The molecule has 1 atom stereocenters. The minimum absolute atomic E-state index is 0.335. The molecule has 3 heteroatoms. The predicted molar refractivity (Wildman–Crippen MR) is 76.9 cm³/mol. The molecule has 1 aromatic carbocycles. The molecule has 1 unspecified atom stereocenters. The Balaban J connectivity index is 2.55. The van der Waals surface area contributed by atoms with E-state index in [2.05, 4.69) is 37.7 Å². The minimum Gasteiger partial charge on any atom is -0.508 e. The van der Waals surface area contributed by atoms with E-state index < -0.39 is 0 Å². The molecule has 0 amide bonds. The lowest BCUT2D eigenvalue weighted by atomic mass is 10.1. The first kappa shape index (κ1) is 15.0. The molecule has 0 spiro atoms. The van der Waals surface area contributed by atoms with Crippen LogP contribution in [-0.4, -0.2) is 48.6 Å². The van der Waals surface area contributed by atoms with Crippen LogP contribution in [0.5, 0.6) is 5.75 Å². The van der Waals surface area contributed by atoms with E-state index in [1.807, 2.05) is 12.1 Å². The van der Waals surface area contributed by atoms with Gasteiger partial charge in [-0.25, -0.2) is 0 Å². The van der Waals surface area contributed by atoms with Crippen LogP contribution in [0.4, 0.5) is 0 Å². The van der Waals surface area contributed by atoms with E-state index in [4.69, 9.17) is 0 Å². The second-order valence-electron chi connectivity index (χ2n) is 5.05. The summed E-state index contributed by atoms with van der Waals surface area (Å²) in [4.78, 5) is 4.69. The van der Waals surface area contributed by atoms with Gasteiger partial charge < -0.3 is 10.0 Å². The maximum absolute atomic E-state index is 9.32. The molecule has 0 aromatic heterocycles. The Morgan fingerprint density at radius 3 is 2.22 bits per heavy atom. The van der Waals surface area contributed by atoms with Gasteiger partial charge in [0.05, 0.1) is 0 Å². The standard InChI is InChI=1S/C15H26N2O/c1-5-17(12-6-11-16(3)4)13(2)14-7-9-15(18)10-8-14/h7-10,13,18H,5-6,11-12H2,1-4H3. The van der Waals surface area contributed by atoms with Gasteiger partial charge >= 0.3 is 0 Å². The van der Waals surface area contributed by atoms with Crippen LogP contribution in [0.2, 0.25) is 0 Å². The fourth-order valence-corrected chi connectivity index (χ4v) is 2.18. The molecule has 0 aliphatic rings. The van der Waals surface area contributed by atoms with Crippen LogP contribution in [0.1, 0.15) is 31.9 Å². The fourth-order valence-electron chi connectivity index (χ4n) is 2.18.